The van der Waals surface area contributed by atoms with E-state index >= 15 is 0 Å². The molecule has 2 heterocycles. The molecule has 0 fully saturated rings. The van der Waals surface area contributed by atoms with Gasteiger partial charge in [0.2, 0.25) is 0 Å². The normalized spacial score (nSPS) is 11.5. The Balaban J connectivity index is 1.20. The lowest BCUT2D eigenvalue weighted by atomic mass is 9.93. The van der Waals surface area contributed by atoms with Crippen molar-refractivity contribution in [2.45, 2.75) is 0 Å². The molecule has 9 aromatic rings. The lowest BCUT2D eigenvalue weighted by Crippen LogP contribution is -1.95. The molecule has 0 saturated carbocycles. The molecule has 7 aromatic carbocycles. The highest BCUT2D eigenvalue weighted by Crippen LogP contribution is 2.39. The van der Waals surface area contributed by atoms with E-state index < -0.39 is 0 Å². The average molecular weight is 586 g/mol. The van der Waals surface area contributed by atoms with Crippen LogP contribution in [-0.4, -0.2) is 15.0 Å². The predicted octanol–water partition coefficient (Wildman–Crippen LogP) is 11.2. The third kappa shape index (κ3) is 4.41. The Morgan fingerprint density at radius 1 is 0.326 bits per heavy atom. The summed E-state index contributed by atoms with van der Waals surface area (Å²) in [5, 5.41) is 5.69. The number of nitrogens with zero attached hydrogens (tertiary/aromatic N) is 3. The smallest absolute Gasteiger partial charge is 0.160 e. The molecule has 0 radical (unpaired) electrons. The van der Waals surface area contributed by atoms with Crippen LogP contribution in [0.2, 0.25) is 0 Å². The number of fused-ring (bicyclic) bond motifs is 5. The van der Waals surface area contributed by atoms with E-state index in [1.165, 1.54) is 21.9 Å². The maximum atomic E-state index is 5.19. The lowest BCUT2D eigenvalue weighted by molar-refractivity contribution is 1.23. The second kappa shape index (κ2) is 10.8. The molecule has 0 N–H and O–H groups in total. The summed E-state index contributed by atoms with van der Waals surface area (Å²) in [5.41, 5.74) is 10.6. The van der Waals surface area contributed by atoms with Crippen LogP contribution in [0.15, 0.2) is 164 Å². The molecule has 214 valence electrons. The summed E-state index contributed by atoms with van der Waals surface area (Å²) in [4.78, 5) is 15.3. The van der Waals surface area contributed by atoms with E-state index in [2.05, 4.69) is 152 Å². The minimum Gasteiger partial charge on any atom is -0.247 e. The molecule has 0 unspecified atom stereocenters. The van der Waals surface area contributed by atoms with Gasteiger partial charge in [-0.3, -0.25) is 0 Å². The zero-order valence-corrected chi connectivity index (χ0v) is 24.9. The van der Waals surface area contributed by atoms with Gasteiger partial charge in [-0.05, 0) is 40.3 Å². The SMILES string of the molecule is c1ccc(-c2cccc(-c3nc(-c4ccc(-c5c6ccccc6nc6c5ccc5ccccc56)cc4)c4ccccc4n3)c2)cc1. The molecule has 46 heavy (non-hydrogen) atoms. The van der Waals surface area contributed by atoms with Gasteiger partial charge >= 0.3 is 0 Å². The van der Waals surface area contributed by atoms with Gasteiger partial charge in [0, 0.05) is 38.2 Å². The Bertz CT molecular complexity index is 2570. The summed E-state index contributed by atoms with van der Waals surface area (Å²) in [6, 6.07) is 57.3. The first-order chi connectivity index (χ1) is 22.8. The van der Waals surface area contributed by atoms with Crippen LogP contribution < -0.4 is 0 Å². The molecule has 3 heteroatoms. The molecule has 9 rings (SSSR count). The fraction of sp³-hybridized carbons (Fsp3) is 0. The second-order valence-electron chi connectivity index (χ2n) is 11.6. The Labute approximate surface area is 266 Å². The molecule has 0 aliphatic carbocycles. The van der Waals surface area contributed by atoms with Gasteiger partial charge in [0.15, 0.2) is 5.82 Å². The van der Waals surface area contributed by atoms with Gasteiger partial charge in [-0.15, -0.1) is 0 Å². The van der Waals surface area contributed by atoms with Crippen LogP contribution in [0, 0.1) is 0 Å². The van der Waals surface area contributed by atoms with Crippen molar-refractivity contribution in [2.75, 3.05) is 0 Å². The minimum atomic E-state index is 0.716. The Morgan fingerprint density at radius 3 is 1.78 bits per heavy atom. The summed E-state index contributed by atoms with van der Waals surface area (Å²) in [6.07, 6.45) is 0. The van der Waals surface area contributed by atoms with E-state index in [-0.39, 0.29) is 0 Å². The Kier molecular flexibility index (Phi) is 6.14. The van der Waals surface area contributed by atoms with E-state index in [0.29, 0.717) is 5.82 Å². The molecule has 0 saturated heterocycles. The molecule has 0 aliphatic heterocycles. The highest BCUT2D eigenvalue weighted by Gasteiger charge is 2.16. The number of hydrogen-bond donors (Lipinski definition) is 0. The highest BCUT2D eigenvalue weighted by molar-refractivity contribution is 6.17. The van der Waals surface area contributed by atoms with Crippen LogP contribution >= 0.6 is 0 Å². The zero-order valence-electron chi connectivity index (χ0n) is 24.9. The largest absolute Gasteiger partial charge is 0.247 e. The standard InChI is InChI=1S/C43H27N3/c1-2-11-28(12-3-1)32-14-10-15-33(27-32)43-45-39-20-9-7-18-36(39)41(46-43)31-23-21-30(22-24-31)40-35-17-6-8-19-38(35)44-42-34-16-5-4-13-29(34)25-26-37(40)42/h1-27H. The zero-order chi connectivity index (χ0) is 30.5. The Morgan fingerprint density at radius 2 is 0.957 bits per heavy atom. The minimum absolute atomic E-state index is 0.716. The van der Waals surface area contributed by atoms with E-state index in [9.17, 15) is 0 Å². The number of benzene rings is 7. The molecule has 2 aromatic heterocycles. The number of para-hydroxylation sites is 2. The molecule has 0 atom stereocenters. The van der Waals surface area contributed by atoms with Gasteiger partial charge in [-0.25, -0.2) is 15.0 Å². The van der Waals surface area contributed by atoms with Gasteiger partial charge in [0.05, 0.1) is 22.2 Å². The van der Waals surface area contributed by atoms with Crippen LogP contribution in [0.25, 0.3) is 88.4 Å². The van der Waals surface area contributed by atoms with Crippen molar-refractivity contribution in [3.8, 4) is 44.9 Å². The maximum absolute atomic E-state index is 5.19. The van der Waals surface area contributed by atoms with Crippen molar-refractivity contribution in [1.29, 1.82) is 0 Å². The number of pyridine rings is 1. The topological polar surface area (TPSA) is 38.7 Å². The maximum Gasteiger partial charge on any atom is 0.160 e. The molecular formula is C43H27N3. The number of rotatable bonds is 4. The van der Waals surface area contributed by atoms with Gasteiger partial charge in [-0.1, -0.05) is 146 Å². The first-order valence-corrected chi connectivity index (χ1v) is 15.5. The molecule has 0 aliphatic rings. The van der Waals surface area contributed by atoms with Crippen LogP contribution in [0.1, 0.15) is 0 Å². The quantitative estimate of drug-likeness (QED) is 0.152. The van der Waals surface area contributed by atoms with E-state index in [4.69, 9.17) is 15.0 Å². The summed E-state index contributed by atoms with van der Waals surface area (Å²) in [6.45, 7) is 0. The van der Waals surface area contributed by atoms with Crippen molar-refractivity contribution in [1.82, 2.24) is 15.0 Å². The van der Waals surface area contributed by atoms with Crippen LogP contribution in [0.3, 0.4) is 0 Å². The van der Waals surface area contributed by atoms with Crippen molar-refractivity contribution < 1.29 is 0 Å². The Hall–Kier alpha value is -6.19. The van der Waals surface area contributed by atoms with Crippen molar-refractivity contribution in [3.63, 3.8) is 0 Å². The summed E-state index contributed by atoms with van der Waals surface area (Å²) < 4.78 is 0. The monoisotopic (exact) mass is 585 g/mol. The first kappa shape index (κ1) is 26.2. The fourth-order valence-corrected chi connectivity index (χ4v) is 6.63. The second-order valence-corrected chi connectivity index (χ2v) is 11.6. The predicted molar refractivity (Wildman–Crippen MR) is 192 cm³/mol. The third-order valence-electron chi connectivity index (χ3n) is 8.85. The van der Waals surface area contributed by atoms with Crippen molar-refractivity contribution in [3.05, 3.63) is 164 Å². The van der Waals surface area contributed by atoms with Gasteiger partial charge in [-0.2, -0.15) is 0 Å². The van der Waals surface area contributed by atoms with Gasteiger partial charge < -0.3 is 0 Å². The van der Waals surface area contributed by atoms with Crippen LogP contribution in [0.5, 0.6) is 0 Å². The summed E-state index contributed by atoms with van der Waals surface area (Å²) in [5.74, 6) is 0.716. The molecule has 0 amide bonds. The van der Waals surface area contributed by atoms with Crippen molar-refractivity contribution >= 4 is 43.5 Å². The molecule has 0 bridgehead atoms. The first-order valence-electron chi connectivity index (χ1n) is 15.5. The van der Waals surface area contributed by atoms with E-state index in [1.807, 2.05) is 12.1 Å². The molecule has 3 nitrogen and oxygen atoms in total. The number of aromatic nitrogens is 3. The van der Waals surface area contributed by atoms with Gasteiger partial charge in [0.25, 0.3) is 0 Å². The van der Waals surface area contributed by atoms with Crippen LogP contribution in [0.4, 0.5) is 0 Å². The third-order valence-corrected chi connectivity index (χ3v) is 8.85. The van der Waals surface area contributed by atoms with E-state index in [0.717, 1.165) is 60.7 Å². The van der Waals surface area contributed by atoms with E-state index in [1.54, 1.807) is 0 Å². The highest BCUT2D eigenvalue weighted by atomic mass is 14.9. The van der Waals surface area contributed by atoms with Crippen molar-refractivity contribution in [2.24, 2.45) is 0 Å². The number of hydrogen-bond acceptors (Lipinski definition) is 3. The van der Waals surface area contributed by atoms with Gasteiger partial charge in [0.1, 0.15) is 0 Å². The lowest BCUT2D eigenvalue weighted by Gasteiger charge is -2.14. The summed E-state index contributed by atoms with van der Waals surface area (Å²) in [7, 11) is 0. The molecule has 0 spiro atoms. The van der Waals surface area contributed by atoms with Crippen LogP contribution in [-0.2, 0) is 0 Å². The fourth-order valence-electron chi connectivity index (χ4n) is 6.63. The average Bonchev–Trinajstić information content (AvgIpc) is 3.14. The molecular weight excluding hydrogens is 558 g/mol. The summed E-state index contributed by atoms with van der Waals surface area (Å²) >= 11 is 0.